The summed E-state index contributed by atoms with van der Waals surface area (Å²) in [5.74, 6) is 0. The molecular formula is C12H18N2O2. The van der Waals surface area contributed by atoms with Crippen molar-refractivity contribution in [3.8, 4) is 0 Å². The van der Waals surface area contributed by atoms with Crippen molar-refractivity contribution in [1.82, 2.24) is 9.88 Å². The minimum absolute atomic E-state index is 0.104. The number of aromatic nitrogens is 1. The van der Waals surface area contributed by atoms with Crippen LogP contribution in [0.1, 0.15) is 11.7 Å². The monoisotopic (exact) mass is 222 g/mol. The highest BCUT2D eigenvalue weighted by Crippen LogP contribution is 2.42. The van der Waals surface area contributed by atoms with Gasteiger partial charge in [-0.3, -0.25) is 4.98 Å². The van der Waals surface area contributed by atoms with Crippen LogP contribution in [0.3, 0.4) is 0 Å². The van der Waals surface area contributed by atoms with E-state index in [1.165, 1.54) is 0 Å². The summed E-state index contributed by atoms with van der Waals surface area (Å²) in [5.41, 5.74) is 0.794. The van der Waals surface area contributed by atoms with Gasteiger partial charge in [-0.05, 0) is 26.2 Å². The summed E-state index contributed by atoms with van der Waals surface area (Å²) in [5, 5.41) is 9.58. The molecule has 0 amide bonds. The van der Waals surface area contributed by atoms with Crippen LogP contribution in [0.15, 0.2) is 24.4 Å². The minimum Gasteiger partial charge on any atom is -0.396 e. The van der Waals surface area contributed by atoms with Crippen LogP contribution in [-0.2, 0) is 4.74 Å². The second kappa shape index (κ2) is 4.49. The molecule has 4 heteroatoms. The van der Waals surface area contributed by atoms with Gasteiger partial charge in [0.25, 0.3) is 0 Å². The number of hydrogen-bond donors (Lipinski definition) is 1. The predicted octanol–water partition coefficient (Wildman–Crippen LogP) is 0.693. The summed E-state index contributed by atoms with van der Waals surface area (Å²) in [6, 6.07) is 5.98. The van der Waals surface area contributed by atoms with Crippen LogP contribution in [0.25, 0.3) is 0 Å². The summed E-state index contributed by atoms with van der Waals surface area (Å²) < 4.78 is 5.27. The van der Waals surface area contributed by atoms with Crippen LogP contribution in [-0.4, -0.2) is 48.9 Å². The van der Waals surface area contributed by atoms with Crippen LogP contribution in [0.5, 0.6) is 0 Å². The third-order valence-corrected chi connectivity index (χ3v) is 3.16. The average molecular weight is 222 g/mol. The van der Waals surface area contributed by atoms with Crippen molar-refractivity contribution < 1.29 is 9.84 Å². The average Bonchev–Trinajstić information content (AvgIpc) is 2.24. The number of rotatable bonds is 4. The van der Waals surface area contributed by atoms with E-state index in [1.807, 2.05) is 32.3 Å². The molecule has 1 aromatic rings. The number of aliphatic hydroxyl groups excluding tert-OH is 1. The number of ether oxygens (including phenoxy) is 1. The third kappa shape index (κ3) is 1.84. The van der Waals surface area contributed by atoms with Gasteiger partial charge in [0.1, 0.15) is 0 Å². The van der Waals surface area contributed by atoms with Gasteiger partial charge in [-0.15, -0.1) is 0 Å². The van der Waals surface area contributed by atoms with Gasteiger partial charge < -0.3 is 14.7 Å². The van der Waals surface area contributed by atoms with Crippen molar-refractivity contribution in [2.75, 3.05) is 33.9 Å². The van der Waals surface area contributed by atoms with Gasteiger partial charge in [-0.2, -0.15) is 0 Å². The van der Waals surface area contributed by atoms with Crippen LogP contribution >= 0.6 is 0 Å². The topological polar surface area (TPSA) is 45.6 Å². The fraction of sp³-hybridized carbons (Fsp3) is 0.583. The van der Waals surface area contributed by atoms with E-state index in [-0.39, 0.29) is 18.1 Å². The highest BCUT2D eigenvalue weighted by Gasteiger charge is 2.47. The van der Waals surface area contributed by atoms with Crippen LogP contribution in [0, 0.1) is 5.41 Å². The molecule has 1 aliphatic rings. The first kappa shape index (κ1) is 11.5. The quantitative estimate of drug-likeness (QED) is 0.814. The normalized spacial score (nSPS) is 20.5. The Bertz CT molecular complexity index is 331. The lowest BCUT2D eigenvalue weighted by Crippen LogP contribution is -2.54. The zero-order chi connectivity index (χ0) is 11.6. The summed E-state index contributed by atoms with van der Waals surface area (Å²) in [6.07, 6.45) is 1.79. The highest BCUT2D eigenvalue weighted by atomic mass is 16.5. The van der Waals surface area contributed by atoms with E-state index in [9.17, 15) is 5.11 Å². The van der Waals surface area contributed by atoms with E-state index in [0.717, 1.165) is 5.69 Å². The summed E-state index contributed by atoms with van der Waals surface area (Å²) in [4.78, 5) is 6.49. The highest BCUT2D eigenvalue weighted by molar-refractivity contribution is 5.14. The lowest BCUT2D eigenvalue weighted by atomic mass is 9.76. The second-order valence-corrected chi connectivity index (χ2v) is 4.63. The molecule has 0 bridgehead atoms. The van der Waals surface area contributed by atoms with Gasteiger partial charge in [-0.1, -0.05) is 6.07 Å². The molecule has 0 spiro atoms. The molecular weight excluding hydrogens is 204 g/mol. The lowest BCUT2D eigenvalue weighted by Gasteiger charge is -2.48. The van der Waals surface area contributed by atoms with Gasteiger partial charge in [-0.25, -0.2) is 0 Å². The maximum absolute atomic E-state index is 9.58. The summed E-state index contributed by atoms with van der Waals surface area (Å²) >= 11 is 0. The van der Waals surface area contributed by atoms with Crippen molar-refractivity contribution in [2.24, 2.45) is 5.41 Å². The molecule has 1 N–H and O–H groups in total. The van der Waals surface area contributed by atoms with Crippen molar-refractivity contribution in [3.63, 3.8) is 0 Å². The molecule has 1 aromatic heterocycles. The molecule has 0 saturated carbocycles. The first-order chi connectivity index (χ1) is 7.69. The number of nitrogens with zero attached hydrogens (tertiary/aromatic N) is 2. The zero-order valence-corrected chi connectivity index (χ0v) is 9.76. The van der Waals surface area contributed by atoms with Crippen LogP contribution in [0.4, 0.5) is 0 Å². The first-order valence-corrected chi connectivity index (χ1v) is 5.45. The van der Waals surface area contributed by atoms with Gasteiger partial charge in [0, 0.05) is 6.20 Å². The molecule has 4 nitrogen and oxygen atoms in total. The van der Waals surface area contributed by atoms with E-state index < -0.39 is 0 Å². The van der Waals surface area contributed by atoms with Crippen LogP contribution < -0.4 is 0 Å². The number of hydrogen-bond acceptors (Lipinski definition) is 4. The maximum Gasteiger partial charge on any atom is 0.0639 e. The standard InChI is InChI=1S/C12H18N2O2/c1-14(2)11(10-5-3-4-6-13-10)12(7-15)8-16-9-12/h3-6,11,15H,7-9H2,1-2H3. The van der Waals surface area contributed by atoms with E-state index in [2.05, 4.69) is 9.88 Å². The lowest BCUT2D eigenvalue weighted by molar-refractivity contribution is -0.173. The Kier molecular flexibility index (Phi) is 3.23. The van der Waals surface area contributed by atoms with Crippen molar-refractivity contribution in [1.29, 1.82) is 0 Å². The Labute approximate surface area is 95.9 Å². The third-order valence-electron chi connectivity index (χ3n) is 3.16. The molecule has 1 fully saturated rings. The van der Waals surface area contributed by atoms with Crippen LogP contribution in [0.2, 0.25) is 0 Å². The van der Waals surface area contributed by atoms with E-state index in [4.69, 9.17) is 4.74 Å². The fourth-order valence-corrected chi connectivity index (χ4v) is 2.36. The van der Waals surface area contributed by atoms with Crippen molar-refractivity contribution in [3.05, 3.63) is 30.1 Å². The molecule has 0 aromatic carbocycles. The number of aliphatic hydroxyl groups is 1. The van der Waals surface area contributed by atoms with Gasteiger partial charge in [0.15, 0.2) is 0 Å². The van der Waals surface area contributed by atoms with Crippen molar-refractivity contribution in [2.45, 2.75) is 6.04 Å². The Morgan fingerprint density at radius 3 is 2.62 bits per heavy atom. The molecule has 16 heavy (non-hydrogen) atoms. The molecule has 1 unspecified atom stereocenters. The second-order valence-electron chi connectivity index (χ2n) is 4.63. The Hall–Kier alpha value is -0.970. The molecule has 2 heterocycles. The summed E-state index contributed by atoms with van der Waals surface area (Å²) in [6.45, 7) is 1.33. The molecule has 88 valence electrons. The minimum atomic E-state index is -0.197. The first-order valence-electron chi connectivity index (χ1n) is 5.45. The Morgan fingerprint density at radius 1 is 1.50 bits per heavy atom. The fourth-order valence-electron chi connectivity index (χ4n) is 2.36. The van der Waals surface area contributed by atoms with E-state index in [1.54, 1.807) is 6.20 Å². The maximum atomic E-state index is 9.58. The van der Waals surface area contributed by atoms with Crippen molar-refractivity contribution >= 4 is 0 Å². The van der Waals surface area contributed by atoms with E-state index >= 15 is 0 Å². The molecule has 0 aliphatic carbocycles. The molecule has 1 aliphatic heterocycles. The molecule has 1 saturated heterocycles. The SMILES string of the molecule is CN(C)C(c1ccccn1)C1(CO)COC1. The molecule has 2 rings (SSSR count). The Morgan fingerprint density at radius 2 is 2.25 bits per heavy atom. The number of pyridine rings is 1. The molecule has 1 atom stereocenters. The van der Waals surface area contributed by atoms with Gasteiger partial charge in [0.2, 0.25) is 0 Å². The van der Waals surface area contributed by atoms with Gasteiger partial charge >= 0.3 is 0 Å². The summed E-state index contributed by atoms with van der Waals surface area (Å²) in [7, 11) is 4.02. The zero-order valence-electron chi connectivity index (χ0n) is 9.76. The largest absolute Gasteiger partial charge is 0.396 e. The van der Waals surface area contributed by atoms with E-state index in [0.29, 0.717) is 13.2 Å². The smallest absolute Gasteiger partial charge is 0.0639 e. The predicted molar refractivity (Wildman–Crippen MR) is 61.0 cm³/mol. The van der Waals surface area contributed by atoms with Gasteiger partial charge in [0.05, 0.1) is 37.0 Å². The Balaban J connectivity index is 2.31. The molecule has 0 radical (unpaired) electrons.